The van der Waals surface area contributed by atoms with Gasteiger partial charge in [0, 0.05) is 18.3 Å². The number of hydrogen-bond acceptors (Lipinski definition) is 4. The van der Waals surface area contributed by atoms with Gasteiger partial charge in [-0.15, -0.1) is 0 Å². The van der Waals surface area contributed by atoms with Crippen LogP contribution in [0.1, 0.15) is 36.3 Å². The topological polar surface area (TPSA) is 82.5 Å². The van der Waals surface area contributed by atoms with E-state index in [1.165, 1.54) is 0 Å². The number of nitrogens with zero attached hydrogens (tertiary/aromatic N) is 1. The lowest BCUT2D eigenvalue weighted by atomic mass is 10.0. The van der Waals surface area contributed by atoms with E-state index in [4.69, 9.17) is 10.2 Å². The third kappa shape index (κ3) is 3.70. The lowest BCUT2D eigenvalue weighted by Crippen LogP contribution is -2.28. The Morgan fingerprint density at radius 2 is 2.11 bits per heavy atom. The molecule has 0 saturated carbocycles. The highest BCUT2D eigenvalue weighted by Crippen LogP contribution is 2.18. The zero-order valence-electron chi connectivity index (χ0n) is 11.0. The minimum Gasteiger partial charge on any atom is -0.478 e. The summed E-state index contributed by atoms with van der Waals surface area (Å²) in [6.07, 6.45) is 0.562. The van der Waals surface area contributed by atoms with Gasteiger partial charge >= 0.3 is 5.97 Å². The van der Waals surface area contributed by atoms with Gasteiger partial charge in [-0.05, 0) is 31.4 Å². The van der Waals surface area contributed by atoms with Gasteiger partial charge in [0.05, 0.1) is 0 Å². The van der Waals surface area contributed by atoms with E-state index in [1.807, 2.05) is 20.8 Å². The van der Waals surface area contributed by atoms with Crippen molar-refractivity contribution in [2.45, 2.75) is 33.2 Å². The van der Waals surface area contributed by atoms with E-state index in [0.29, 0.717) is 12.2 Å². The first-order valence-corrected chi connectivity index (χ1v) is 6.04. The van der Waals surface area contributed by atoms with Crippen molar-refractivity contribution in [1.29, 1.82) is 0 Å². The van der Waals surface area contributed by atoms with Crippen molar-refractivity contribution in [2.24, 2.45) is 5.92 Å². The summed E-state index contributed by atoms with van der Waals surface area (Å²) in [6.45, 7) is 5.91. The number of aliphatic hydroxyl groups is 1. The largest absolute Gasteiger partial charge is 0.478 e. The monoisotopic (exact) mass is 252 g/mol. The highest BCUT2D eigenvalue weighted by molar-refractivity contribution is 5.93. The Labute approximate surface area is 107 Å². The van der Waals surface area contributed by atoms with Crippen LogP contribution in [0.25, 0.3) is 0 Å². The van der Waals surface area contributed by atoms with E-state index in [1.54, 1.807) is 12.1 Å². The van der Waals surface area contributed by atoms with Crippen LogP contribution in [0.4, 0.5) is 5.82 Å². The second-order valence-corrected chi connectivity index (χ2v) is 4.66. The molecule has 3 N–H and O–H groups in total. The summed E-state index contributed by atoms with van der Waals surface area (Å²) in [6, 6.07) is 3.22. The van der Waals surface area contributed by atoms with E-state index >= 15 is 0 Å². The summed E-state index contributed by atoms with van der Waals surface area (Å²) in [5.41, 5.74) is 0.915. The van der Waals surface area contributed by atoms with Crippen molar-refractivity contribution in [3.05, 3.63) is 23.4 Å². The first-order valence-electron chi connectivity index (χ1n) is 6.04. The summed E-state index contributed by atoms with van der Waals surface area (Å²) in [4.78, 5) is 15.3. The van der Waals surface area contributed by atoms with Gasteiger partial charge in [-0.25, -0.2) is 9.78 Å². The van der Waals surface area contributed by atoms with Crippen LogP contribution in [0.3, 0.4) is 0 Å². The van der Waals surface area contributed by atoms with Crippen LogP contribution in [0.2, 0.25) is 0 Å². The number of nitrogens with one attached hydrogen (secondary N) is 1. The summed E-state index contributed by atoms with van der Waals surface area (Å²) >= 11 is 0. The maximum atomic E-state index is 11.1. The molecule has 1 unspecified atom stereocenters. The third-order valence-electron chi connectivity index (χ3n) is 2.83. The van der Waals surface area contributed by atoms with Crippen molar-refractivity contribution >= 4 is 11.8 Å². The SMILES string of the molecule is Cc1ccc(C(=O)O)c(NC(CCO)C(C)C)n1. The molecular formula is C13H20N2O3. The first-order chi connectivity index (χ1) is 8.45. The van der Waals surface area contributed by atoms with Crippen LogP contribution in [0.15, 0.2) is 12.1 Å². The van der Waals surface area contributed by atoms with E-state index in [0.717, 1.165) is 5.69 Å². The molecular weight excluding hydrogens is 232 g/mol. The van der Waals surface area contributed by atoms with Crippen LogP contribution in [-0.2, 0) is 0 Å². The molecule has 5 nitrogen and oxygen atoms in total. The maximum Gasteiger partial charge on any atom is 0.339 e. The molecule has 1 aromatic rings. The number of carboxylic acid groups (broad SMARTS) is 1. The molecule has 0 bridgehead atoms. The van der Waals surface area contributed by atoms with Crippen molar-refractivity contribution in [3.63, 3.8) is 0 Å². The minimum absolute atomic E-state index is 0.00222. The quantitative estimate of drug-likeness (QED) is 0.720. The highest BCUT2D eigenvalue weighted by Gasteiger charge is 2.18. The number of rotatable bonds is 6. The molecule has 0 saturated heterocycles. The van der Waals surface area contributed by atoms with Gasteiger partial charge < -0.3 is 15.5 Å². The molecule has 0 aliphatic heterocycles. The predicted molar refractivity (Wildman–Crippen MR) is 69.9 cm³/mol. The Hall–Kier alpha value is -1.62. The Kier molecular flexibility index (Phi) is 5.09. The molecule has 0 aliphatic carbocycles. The standard InChI is InChI=1S/C13H20N2O3/c1-8(2)11(6-7-16)15-12-10(13(17)18)5-4-9(3)14-12/h4-5,8,11,16H,6-7H2,1-3H3,(H,14,15)(H,17,18). The van der Waals surface area contributed by atoms with Crippen LogP contribution >= 0.6 is 0 Å². The molecule has 0 aromatic carbocycles. The predicted octanol–water partition coefficient (Wildman–Crippen LogP) is 1.91. The molecule has 1 aromatic heterocycles. The number of anilines is 1. The molecule has 1 heterocycles. The molecule has 0 aliphatic rings. The number of carboxylic acids is 1. The van der Waals surface area contributed by atoms with Gasteiger partial charge in [0.2, 0.25) is 0 Å². The normalized spacial score (nSPS) is 12.5. The zero-order valence-corrected chi connectivity index (χ0v) is 11.0. The second kappa shape index (κ2) is 6.35. The number of aromatic nitrogens is 1. The molecule has 1 atom stereocenters. The molecule has 0 spiro atoms. The fourth-order valence-corrected chi connectivity index (χ4v) is 1.73. The molecule has 1 rings (SSSR count). The molecule has 0 amide bonds. The lowest BCUT2D eigenvalue weighted by molar-refractivity contribution is 0.0697. The van der Waals surface area contributed by atoms with Crippen LogP contribution < -0.4 is 5.32 Å². The minimum atomic E-state index is -1.00. The van der Waals surface area contributed by atoms with Gasteiger partial charge in [-0.1, -0.05) is 13.8 Å². The molecule has 0 radical (unpaired) electrons. The summed E-state index contributed by atoms with van der Waals surface area (Å²) < 4.78 is 0. The lowest BCUT2D eigenvalue weighted by Gasteiger charge is -2.23. The number of pyridine rings is 1. The zero-order chi connectivity index (χ0) is 13.7. The first kappa shape index (κ1) is 14.4. The number of aromatic carboxylic acids is 1. The van der Waals surface area contributed by atoms with Crippen molar-refractivity contribution in [1.82, 2.24) is 4.98 Å². The summed E-state index contributed by atoms with van der Waals surface area (Å²) in [5, 5.41) is 21.2. The fourth-order valence-electron chi connectivity index (χ4n) is 1.73. The van der Waals surface area contributed by atoms with Gasteiger partial charge in [0.1, 0.15) is 11.4 Å². The Bertz CT molecular complexity index is 419. The average molecular weight is 252 g/mol. The van der Waals surface area contributed by atoms with E-state index in [9.17, 15) is 4.79 Å². The van der Waals surface area contributed by atoms with E-state index < -0.39 is 5.97 Å². The number of aryl methyl sites for hydroxylation is 1. The number of hydrogen-bond donors (Lipinski definition) is 3. The van der Waals surface area contributed by atoms with Crippen LogP contribution in [-0.4, -0.2) is 33.8 Å². The number of aliphatic hydroxyl groups excluding tert-OH is 1. The smallest absolute Gasteiger partial charge is 0.339 e. The van der Waals surface area contributed by atoms with Crippen LogP contribution in [0.5, 0.6) is 0 Å². The molecule has 18 heavy (non-hydrogen) atoms. The van der Waals surface area contributed by atoms with Crippen LogP contribution in [0, 0.1) is 12.8 Å². The van der Waals surface area contributed by atoms with Gasteiger partial charge in [0.15, 0.2) is 0 Å². The van der Waals surface area contributed by atoms with E-state index in [-0.39, 0.29) is 24.1 Å². The average Bonchev–Trinajstić information content (AvgIpc) is 2.28. The Morgan fingerprint density at radius 3 is 2.61 bits per heavy atom. The summed E-state index contributed by atoms with van der Waals surface area (Å²) in [7, 11) is 0. The maximum absolute atomic E-state index is 11.1. The molecule has 0 fully saturated rings. The number of carbonyl (C=O) groups is 1. The highest BCUT2D eigenvalue weighted by atomic mass is 16.4. The molecule has 5 heteroatoms. The van der Waals surface area contributed by atoms with Crippen molar-refractivity contribution < 1.29 is 15.0 Å². The van der Waals surface area contributed by atoms with E-state index in [2.05, 4.69) is 10.3 Å². The fraction of sp³-hybridized carbons (Fsp3) is 0.538. The van der Waals surface area contributed by atoms with Gasteiger partial charge in [-0.3, -0.25) is 0 Å². The summed E-state index contributed by atoms with van der Waals surface area (Å²) in [5.74, 6) is -0.354. The van der Waals surface area contributed by atoms with Crippen molar-refractivity contribution in [2.75, 3.05) is 11.9 Å². The Balaban J connectivity index is 3.00. The van der Waals surface area contributed by atoms with Crippen molar-refractivity contribution in [3.8, 4) is 0 Å². The third-order valence-corrected chi connectivity index (χ3v) is 2.83. The molecule has 100 valence electrons. The van der Waals surface area contributed by atoms with Gasteiger partial charge in [0.25, 0.3) is 0 Å². The van der Waals surface area contributed by atoms with Gasteiger partial charge in [-0.2, -0.15) is 0 Å². The Morgan fingerprint density at radius 1 is 1.44 bits per heavy atom. The second-order valence-electron chi connectivity index (χ2n) is 4.66.